The van der Waals surface area contributed by atoms with Crippen molar-refractivity contribution in [1.29, 1.82) is 0 Å². The van der Waals surface area contributed by atoms with Crippen molar-refractivity contribution in [2.24, 2.45) is 0 Å². The Kier molecular flexibility index (Phi) is 3.67. The predicted octanol–water partition coefficient (Wildman–Crippen LogP) is 3.70. The van der Waals surface area contributed by atoms with E-state index >= 15 is 0 Å². The van der Waals surface area contributed by atoms with Gasteiger partial charge in [0, 0.05) is 15.6 Å². The van der Waals surface area contributed by atoms with E-state index in [4.69, 9.17) is 23.2 Å². The summed E-state index contributed by atoms with van der Waals surface area (Å²) in [6.45, 7) is 0.518. The van der Waals surface area contributed by atoms with Gasteiger partial charge in [-0.3, -0.25) is 0 Å². The fourth-order valence-corrected chi connectivity index (χ4v) is 2.23. The lowest BCUT2D eigenvalue weighted by Gasteiger charge is -2.06. The highest BCUT2D eigenvalue weighted by atomic mass is 35.5. The maximum atomic E-state index is 6.16. The molecule has 0 atom stereocenters. The summed E-state index contributed by atoms with van der Waals surface area (Å²) >= 11 is 12.0. The van der Waals surface area contributed by atoms with Crippen LogP contribution in [0.1, 0.15) is 5.56 Å². The van der Waals surface area contributed by atoms with Gasteiger partial charge in [0.1, 0.15) is 0 Å². The molecule has 1 aromatic heterocycles. The Labute approximate surface area is 126 Å². The Morgan fingerprint density at radius 1 is 0.950 bits per heavy atom. The lowest BCUT2D eigenvalue weighted by molar-refractivity contribution is 0.653. The minimum absolute atomic E-state index is 0.518. The molecule has 0 radical (unpaired) electrons. The molecule has 3 rings (SSSR count). The molecule has 0 spiro atoms. The smallest absolute Gasteiger partial charge is 0.182 e. The van der Waals surface area contributed by atoms with Crippen LogP contribution in [0.2, 0.25) is 10.0 Å². The molecule has 100 valence electrons. The van der Waals surface area contributed by atoms with Crippen LogP contribution >= 0.6 is 23.2 Å². The van der Waals surface area contributed by atoms with Gasteiger partial charge in [0.05, 0.1) is 6.54 Å². The summed E-state index contributed by atoms with van der Waals surface area (Å²) in [5, 5.41) is 13.2. The highest BCUT2D eigenvalue weighted by Gasteiger charge is 2.10. The second-order valence-electron chi connectivity index (χ2n) is 4.26. The second kappa shape index (κ2) is 5.61. The average molecular weight is 305 g/mol. The van der Waals surface area contributed by atoms with E-state index in [2.05, 4.69) is 15.5 Å². The summed E-state index contributed by atoms with van der Waals surface area (Å²) in [6, 6.07) is 15.0. The first-order valence-corrected chi connectivity index (χ1v) is 6.75. The van der Waals surface area contributed by atoms with Crippen LogP contribution in [0.4, 0.5) is 0 Å². The average Bonchev–Trinajstić information content (AvgIpc) is 2.90. The molecule has 0 fully saturated rings. The molecule has 0 N–H and O–H groups in total. The number of hydrogen-bond donors (Lipinski definition) is 0. The Hall–Kier alpha value is -1.91. The molecule has 0 saturated carbocycles. The number of aromatic nitrogens is 4. The largest absolute Gasteiger partial charge is 0.221 e. The minimum atomic E-state index is 0.518. The third-order valence-corrected chi connectivity index (χ3v) is 3.53. The third kappa shape index (κ3) is 2.66. The van der Waals surface area contributed by atoms with Crippen LogP contribution in [0.25, 0.3) is 11.4 Å². The molecule has 3 aromatic rings. The Bertz CT molecular complexity index is 722. The van der Waals surface area contributed by atoms with Crippen LogP contribution in [0.15, 0.2) is 48.5 Å². The molecule has 0 aliphatic rings. The summed E-state index contributed by atoms with van der Waals surface area (Å²) < 4.78 is 1.71. The summed E-state index contributed by atoms with van der Waals surface area (Å²) in [7, 11) is 0. The standard InChI is InChI=1S/C14H10Cl2N4/c15-12-7-5-10(6-8-12)14-17-18-19-20(14)9-11-3-1-2-4-13(11)16/h1-8H,9H2. The zero-order chi connectivity index (χ0) is 13.9. The molecule has 0 aliphatic heterocycles. The van der Waals surface area contributed by atoms with Crippen molar-refractivity contribution < 1.29 is 0 Å². The van der Waals surface area contributed by atoms with Crippen LogP contribution in [-0.4, -0.2) is 20.2 Å². The molecule has 6 heteroatoms. The van der Waals surface area contributed by atoms with Crippen molar-refractivity contribution in [3.63, 3.8) is 0 Å². The van der Waals surface area contributed by atoms with Crippen molar-refractivity contribution in [2.45, 2.75) is 6.54 Å². The molecule has 0 bridgehead atoms. The zero-order valence-corrected chi connectivity index (χ0v) is 11.9. The van der Waals surface area contributed by atoms with E-state index in [1.807, 2.05) is 48.5 Å². The molecule has 2 aromatic carbocycles. The first kappa shape index (κ1) is 13.1. The van der Waals surface area contributed by atoms with Crippen molar-refractivity contribution in [2.75, 3.05) is 0 Å². The van der Waals surface area contributed by atoms with Gasteiger partial charge in [0.25, 0.3) is 0 Å². The monoisotopic (exact) mass is 304 g/mol. The first-order chi connectivity index (χ1) is 9.74. The van der Waals surface area contributed by atoms with E-state index in [9.17, 15) is 0 Å². The Balaban J connectivity index is 1.95. The molecule has 20 heavy (non-hydrogen) atoms. The van der Waals surface area contributed by atoms with Gasteiger partial charge in [0.15, 0.2) is 5.82 Å². The van der Waals surface area contributed by atoms with Crippen LogP contribution < -0.4 is 0 Å². The number of hydrogen-bond acceptors (Lipinski definition) is 3. The number of nitrogens with zero attached hydrogens (tertiary/aromatic N) is 4. The van der Waals surface area contributed by atoms with Crippen LogP contribution in [-0.2, 0) is 6.54 Å². The lowest BCUT2D eigenvalue weighted by Crippen LogP contribution is -2.04. The highest BCUT2D eigenvalue weighted by Crippen LogP contribution is 2.21. The first-order valence-electron chi connectivity index (χ1n) is 5.99. The summed E-state index contributed by atoms with van der Waals surface area (Å²) in [5.41, 5.74) is 1.88. The van der Waals surface area contributed by atoms with E-state index in [1.54, 1.807) is 4.68 Å². The topological polar surface area (TPSA) is 43.6 Å². The van der Waals surface area contributed by atoms with Gasteiger partial charge in [-0.15, -0.1) is 5.10 Å². The van der Waals surface area contributed by atoms with Crippen molar-refractivity contribution in [3.8, 4) is 11.4 Å². The van der Waals surface area contributed by atoms with Gasteiger partial charge in [-0.25, -0.2) is 4.68 Å². The van der Waals surface area contributed by atoms with Crippen LogP contribution in [0.3, 0.4) is 0 Å². The summed E-state index contributed by atoms with van der Waals surface area (Å²) in [4.78, 5) is 0. The van der Waals surface area contributed by atoms with Gasteiger partial charge in [-0.2, -0.15) is 0 Å². The normalized spacial score (nSPS) is 10.7. The molecule has 0 amide bonds. The predicted molar refractivity (Wildman–Crippen MR) is 78.8 cm³/mol. The lowest BCUT2D eigenvalue weighted by atomic mass is 10.2. The molecule has 4 nitrogen and oxygen atoms in total. The van der Waals surface area contributed by atoms with Gasteiger partial charge in [-0.05, 0) is 46.3 Å². The number of benzene rings is 2. The molecule has 0 saturated heterocycles. The van der Waals surface area contributed by atoms with Crippen molar-refractivity contribution in [1.82, 2.24) is 20.2 Å². The number of halogens is 2. The molecule has 1 heterocycles. The van der Waals surface area contributed by atoms with Gasteiger partial charge < -0.3 is 0 Å². The fraction of sp³-hybridized carbons (Fsp3) is 0.0714. The van der Waals surface area contributed by atoms with Crippen molar-refractivity contribution in [3.05, 3.63) is 64.1 Å². The maximum Gasteiger partial charge on any atom is 0.182 e. The molecule has 0 aliphatic carbocycles. The quantitative estimate of drug-likeness (QED) is 0.741. The summed E-state index contributed by atoms with van der Waals surface area (Å²) in [6.07, 6.45) is 0. The van der Waals surface area contributed by atoms with E-state index in [0.717, 1.165) is 11.1 Å². The molecular weight excluding hydrogens is 295 g/mol. The highest BCUT2D eigenvalue weighted by molar-refractivity contribution is 6.31. The fourth-order valence-electron chi connectivity index (χ4n) is 1.90. The number of tetrazole rings is 1. The molecular formula is C14H10Cl2N4. The van der Waals surface area contributed by atoms with E-state index in [1.165, 1.54) is 0 Å². The van der Waals surface area contributed by atoms with Crippen LogP contribution in [0.5, 0.6) is 0 Å². The van der Waals surface area contributed by atoms with Gasteiger partial charge in [-0.1, -0.05) is 41.4 Å². The summed E-state index contributed by atoms with van der Waals surface area (Å²) in [5.74, 6) is 0.682. The minimum Gasteiger partial charge on any atom is -0.221 e. The SMILES string of the molecule is Clc1ccc(-c2nnnn2Cc2ccccc2Cl)cc1. The third-order valence-electron chi connectivity index (χ3n) is 2.91. The van der Waals surface area contributed by atoms with Gasteiger partial charge >= 0.3 is 0 Å². The maximum absolute atomic E-state index is 6.16. The Morgan fingerprint density at radius 3 is 2.45 bits per heavy atom. The second-order valence-corrected chi connectivity index (χ2v) is 5.10. The van der Waals surface area contributed by atoms with Crippen molar-refractivity contribution >= 4 is 23.2 Å². The Morgan fingerprint density at radius 2 is 1.70 bits per heavy atom. The molecule has 0 unspecified atom stereocenters. The zero-order valence-electron chi connectivity index (χ0n) is 10.4. The van der Waals surface area contributed by atoms with E-state index < -0.39 is 0 Å². The van der Waals surface area contributed by atoms with Gasteiger partial charge in [0.2, 0.25) is 0 Å². The number of rotatable bonds is 3. The van der Waals surface area contributed by atoms with E-state index in [-0.39, 0.29) is 0 Å². The van der Waals surface area contributed by atoms with Crippen LogP contribution in [0, 0.1) is 0 Å². The van der Waals surface area contributed by atoms with E-state index in [0.29, 0.717) is 22.4 Å².